The highest BCUT2D eigenvalue weighted by Crippen LogP contribution is 2.44. The molecule has 0 aromatic carbocycles. The van der Waals surface area contributed by atoms with Crippen LogP contribution in [-0.2, 0) is 13.8 Å². The van der Waals surface area contributed by atoms with Crippen molar-refractivity contribution >= 4 is 7.75 Å². The third-order valence-corrected chi connectivity index (χ3v) is 4.88. The molecule has 24 heavy (non-hydrogen) atoms. The van der Waals surface area contributed by atoms with Gasteiger partial charge in [0.15, 0.2) is 6.23 Å². The average Bonchev–Trinajstić information content (AvgIpc) is 3.16. The van der Waals surface area contributed by atoms with Gasteiger partial charge in [-0.1, -0.05) is 0 Å². The van der Waals surface area contributed by atoms with Crippen LogP contribution in [0.4, 0.5) is 0 Å². The molecule has 1 aliphatic rings. The molecule has 0 amide bonds. The van der Waals surface area contributed by atoms with Gasteiger partial charge in [0.1, 0.15) is 6.33 Å². The smallest absolute Gasteiger partial charge is 0.351 e. The zero-order chi connectivity index (χ0) is 17.3. The Morgan fingerprint density at radius 3 is 2.96 bits per heavy atom. The van der Waals surface area contributed by atoms with Crippen LogP contribution in [0.25, 0.3) is 0 Å². The predicted octanol–water partition coefficient (Wildman–Crippen LogP) is -0.987. The Morgan fingerprint density at radius 1 is 1.50 bits per heavy atom. The lowest BCUT2D eigenvalue weighted by molar-refractivity contribution is -0.0253. The Bertz CT molecular complexity index is 861. The van der Waals surface area contributed by atoms with E-state index >= 15 is 0 Å². The van der Waals surface area contributed by atoms with E-state index in [9.17, 15) is 19.0 Å². The molecule has 1 fully saturated rings. The fourth-order valence-electron chi connectivity index (χ4n) is 2.43. The van der Waals surface area contributed by atoms with Gasteiger partial charge in [0.2, 0.25) is 0 Å². The average molecular weight is 357 g/mol. The van der Waals surface area contributed by atoms with Crippen LogP contribution in [0.15, 0.2) is 40.6 Å². The quantitative estimate of drug-likeness (QED) is 0.576. The first-order valence-electron chi connectivity index (χ1n) is 7.05. The van der Waals surface area contributed by atoms with E-state index in [1.807, 2.05) is 0 Å². The molecule has 0 radical (unpaired) electrons. The van der Waals surface area contributed by atoms with Crippen LogP contribution < -0.4 is 17.0 Å². The van der Waals surface area contributed by atoms with Crippen LogP contribution in [0.5, 0.6) is 0 Å². The topological polar surface area (TPSA) is 154 Å². The van der Waals surface area contributed by atoms with Crippen molar-refractivity contribution in [1.82, 2.24) is 18.9 Å². The van der Waals surface area contributed by atoms with Crippen LogP contribution in [0.2, 0.25) is 0 Å². The number of hydrogen-bond acceptors (Lipinski definition) is 7. The van der Waals surface area contributed by atoms with Gasteiger partial charge in [0.25, 0.3) is 5.56 Å². The van der Waals surface area contributed by atoms with Crippen molar-refractivity contribution in [3.05, 3.63) is 51.8 Å². The fraction of sp³-hybridized carbons (Fsp3) is 0.417. The summed E-state index contributed by atoms with van der Waals surface area (Å²) < 4.78 is 24.8. The number of H-pyrrole nitrogens is 1. The summed E-state index contributed by atoms with van der Waals surface area (Å²) in [6.45, 7) is -0.186. The van der Waals surface area contributed by atoms with Crippen LogP contribution in [0.1, 0.15) is 12.6 Å². The van der Waals surface area contributed by atoms with Crippen LogP contribution in [0.3, 0.4) is 0 Å². The first-order valence-corrected chi connectivity index (χ1v) is 8.58. The minimum atomic E-state index is -4.06. The predicted molar refractivity (Wildman–Crippen MR) is 81.2 cm³/mol. The highest BCUT2D eigenvalue weighted by Gasteiger charge is 2.36. The van der Waals surface area contributed by atoms with E-state index in [-0.39, 0.29) is 6.61 Å². The van der Waals surface area contributed by atoms with Crippen molar-refractivity contribution in [2.24, 2.45) is 5.73 Å². The molecule has 3 heterocycles. The number of nitrogens with zero attached hydrogens (tertiary/aromatic N) is 3. The molecule has 1 saturated heterocycles. The molecule has 2 aromatic heterocycles. The van der Waals surface area contributed by atoms with E-state index in [0.29, 0.717) is 6.42 Å². The van der Waals surface area contributed by atoms with E-state index < -0.39 is 37.4 Å². The molecule has 0 spiro atoms. The van der Waals surface area contributed by atoms with Gasteiger partial charge in [-0.3, -0.25) is 18.9 Å². The monoisotopic (exact) mass is 357 g/mol. The van der Waals surface area contributed by atoms with E-state index in [2.05, 4.69) is 9.97 Å². The van der Waals surface area contributed by atoms with Crippen LogP contribution in [0, 0.1) is 0 Å². The van der Waals surface area contributed by atoms with Gasteiger partial charge < -0.3 is 15.4 Å². The number of imidazole rings is 1. The number of rotatable bonds is 5. The largest absolute Gasteiger partial charge is 0.437 e. The van der Waals surface area contributed by atoms with Gasteiger partial charge in [-0.15, -0.1) is 0 Å². The lowest BCUT2D eigenvalue weighted by Gasteiger charge is -2.18. The Morgan fingerprint density at radius 2 is 2.29 bits per heavy atom. The molecule has 130 valence electrons. The summed E-state index contributed by atoms with van der Waals surface area (Å²) in [4.78, 5) is 38.5. The molecule has 3 rings (SSSR count). The SMILES string of the molecule is N[C@@H]1C[C@@H](COP(=O)(O)n2ccnc2)O[C@H]1n1ccc(=O)[nH]c1=O. The Kier molecular flexibility index (Phi) is 4.52. The Hall–Kier alpha value is -2.04. The maximum Gasteiger partial charge on any atom is 0.437 e. The third-order valence-electron chi connectivity index (χ3n) is 3.57. The summed E-state index contributed by atoms with van der Waals surface area (Å²) in [5, 5.41) is 0. The lowest BCUT2D eigenvalue weighted by Crippen LogP contribution is -2.37. The number of aromatic amines is 1. The summed E-state index contributed by atoms with van der Waals surface area (Å²) in [6, 6.07) is 0.649. The van der Waals surface area contributed by atoms with Gasteiger partial charge >= 0.3 is 13.4 Å². The van der Waals surface area contributed by atoms with Crippen LogP contribution >= 0.6 is 7.75 Å². The molecule has 2 aromatic rings. The summed E-state index contributed by atoms with van der Waals surface area (Å²) in [5.41, 5.74) is 4.80. The molecule has 4 atom stereocenters. The van der Waals surface area contributed by atoms with Crippen LogP contribution in [-0.4, -0.2) is 42.5 Å². The van der Waals surface area contributed by atoms with Crippen molar-refractivity contribution in [3.8, 4) is 0 Å². The lowest BCUT2D eigenvalue weighted by atomic mass is 10.2. The Labute approximate surface area is 135 Å². The molecular weight excluding hydrogens is 341 g/mol. The molecule has 1 unspecified atom stereocenters. The van der Waals surface area contributed by atoms with E-state index in [4.69, 9.17) is 15.0 Å². The van der Waals surface area contributed by atoms with Gasteiger partial charge in [-0.25, -0.2) is 18.7 Å². The zero-order valence-electron chi connectivity index (χ0n) is 12.4. The number of aromatic nitrogens is 4. The Balaban J connectivity index is 1.67. The number of ether oxygens (including phenoxy) is 1. The minimum Gasteiger partial charge on any atom is -0.351 e. The number of nitrogens with two attached hydrogens (primary N) is 1. The second-order valence-electron chi connectivity index (χ2n) is 5.29. The molecule has 12 heteroatoms. The summed E-state index contributed by atoms with van der Waals surface area (Å²) >= 11 is 0. The summed E-state index contributed by atoms with van der Waals surface area (Å²) in [7, 11) is -4.06. The first kappa shape index (κ1) is 16.8. The van der Waals surface area contributed by atoms with Gasteiger partial charge in [-0.05, 0) is 6.42 Å². The maximum atomic E-state index is 12.0. The van der Waals surface area contributed by atoms with Crippen molar-refractivity contribution in [1.29, 1.82) is 0 Å². The molecule has 0 bridgehead atoms. The van der Waals surface area contributed by atoms with Crippen molar-refractivity contribution in [2.45, 2.75) is 24.8 Å². The summed E-state index contributed by atoms with van der Waals surface area (Å²) in [5.74, 6) is 0. The van der Waals surface area contributed by atoms with Gasteiger partial charge in [0, 0.05) is 24.7 Å². The standard InChI is InChI=1S/C12H16N5O6P/c13-9-5-8(6-22-24(20,21)16-4-2-14-7-16)23-11(9)17-3-1-10(18)15-12(17)19/h1-4,7-9,11H,5-6,13H2,(H,20,21)(H,15,18,19)/t8-,9+,11+/m0/s1. The normalized spacial score (nSPS) is 26.3. The van der Waals surface area contributed by atoms with Crippen molar-refractivity contribution in [2.75, 3.05) is 6.61 Å². The number of hydrogen-bond donors (Lipinski definition) is 3. The molecule has 4 N–H and O–H groups in total. The second-order valence-corrected chi connectivity index (χ2v) is 7.00. The summed E-state index contributed by atoms with van der Waals surface area (Å²) in [6.07, 6.45) is 4.07. The molecule has 11 nitrogen and oxygen atoms in total. The molecule has 0 saturated carbocycles. The van der Waals surface area contributed by atoms with Gasteiger partial charge in [0.05, 0.1) is 18.8 Å². The van der Waals surface area contributed by atoms with E-state index in [0.717, 1.165) is 4.34 Å². The molecule has 0 aliphatic carbocycles. The highest BCUT2D eigenvalue weighted by molar-refractivity contribution is 7.51. The van der Waals surface area contributed by atoms with Gasteiger partial charge in [-0.2, -0.15) is 0 Å². The van der Waals surface area contributed by atoms with E-state index in [1.54, 1.807) is 0 Å². The van der Waals surface area contributed by atoms with Crippen molar-refractivity contribution < 1.29 is 18.7 Å². The minimum absolute atomic E-state index is 0.186. The fourth-order valence-corrected chi connectivity index (χ4v) is 3.34. The number of nitrogens with one attached hydrogen (secondary N) is 1. The zero-order valence-corrected chi connectivity index (χ0v) is 13.3. The molecular formula is C12H16N5O6P. The maximum absolute atomic E-state index is 12.0. The third kappa shape index (κ3) is 3.40. The highest BCUT2D eigenvalue weighted by atomic mass is 31.2. The first-order chi connectivity index (χ1) is 11.4. The van der Waals surface area contributed by atoms with E-state index in [1.165, 1.54) is 35.6 Å². The molecule has 1 aliphatic heterocycles. The second kappa shape index (κ2) is 6.46. The van der Waals surface area contributed by atoms with Crippen molar-refractivity contribution in [3.63, 3.8) is 0 Å².